The zero-order valence-corrected chi connectivity index (χ0v) is 10.6. The molecule has 0 bridgehead atoms. The summed E-state index contributed by atoms with van der Waals surface area (Å²) in [6.45, 7) is 8.04. The van der Waals surface area contributed by atoms with Crippen LogP contribution in [0.3, 0.4) is 0 Å². The highest BCUT2D eigenvalue weighted by Crippen LogP contribution is 2.19. The van der Waals surface area contributed by atoms with E-state index < -0.39 is 0 Å². The summed E-state index contributed by atoms with van der Waals surface area (Å²) >= 11 is 0. The summed E-state index contributed by atoms with van der Waals surface area (Å²) in [4.78, 5) is 6.82. The Bertz CT molecular complexity index is 377. The molecule has 0 atom stereocenters. The van der Waals surface area contributed by atoms with Crippen LogP contribution in [-0.2, 0) is 6.54 Å². The van der Waals surface area contributed by atoms with Crippen molar-refractivity contribution in [3.63, 3.8) is 0 Å². The number of hydrogen-bond donors (Lipinski definition) is 2. The lowest BCUT2D eigenvalue weighted by molar-refractivity contribution is 0.135. The van der Waals surface area contributed by atoms with Gasteiger partial charge in [0.05, 0.1) is 5.69 Å². The highest BCUT2D eigenvalue weighted by atomic mass is 16.3. The van der Waals surface area contributed by atoms with E-state index in [9.17, 15) is 5.11 Å². The highest BCUT2D eigenvalue weighted by Gasteiger charge is 2.24. The molecule has 0 amide bonds. The number of nitrogens with one attached hydrogen (secondary N) is 1. The van der Waals surface area contributed by atoms with E-state index in [0.717, 1.165) is 44.0 Å². The van der Waals surface area contributed by atoms with Gasteiger partial charge in [-0.1, -0.05) is 6.92 Å². The molecule has 4 nitrogen and oxygen atoms in total. The first-order valence-corrected chi connectivity index (χ1v) is 6.31. The SMILES string of the molecule is CCCN(Cc1nc(C)ccc1O)C1CNC1. The Morgan fingerprint density at radius 3 is 2.82 bits per heavy atom. The van der Waals surface area contributed by atoms with Crippen LogP contribution in [-0.4, -0.2) is 40.7 Å². The quantitative estimate of drug-likeness (QED) is 0.807. The van der Waals surface area contributed by atoms with Gasteiger partial charge in [-0.25, -0.2) is 0 Å². The monoisotopic (exact) mass is 235 g/mol. The van der Waals surface area contributed by atoms with E-state index in [4.69, 9.17) is 0 Å². The molecule has 0 unspecified atom stereocenters. The molecule has 0 spiro atoms. The normalized spacial score (nSPS) is 16.2. The van der Waals surface area contributed by atoms with Crippen molar-refractivity contribution in [2.75, 3.05) is 19.6 Å². The second-order valence-corrected chi connectivity index (χ2v) is 4.70. The summed E-state index contributed by atoms with van der Waals surface area (Å²) < 4.78 is 0. The summed E-state index contributed by atoms with van der Waals surface area (Å²) in [7, 11) is 0. The van der Waals surface area contributed by atoms with E-state index in [0.29, 0.717) is 11.8 Å². The summed E-state index contributed by atoms with van der Waals surface area (Å²) in [6, 6.07) is 4.17. The molecule has 17 heavy (non-hydrogen) atoms. The largest absolute Gasteiger partial charge is 0.506 e. The molecule has 0 aromatic carbocycles. The first-order chi connectivity index (χ1) is 8.20. The van der Waals surface area contributed by atoms with Crippen LogP contribution in [0.1, 0.15) is 24.7 Å². The third-order valence-electron chi connectivity index (χ3n) is 3.23. The highest BCUT2D eigenvalue weighted by molar-refractivity contribution is 5.27. The second kappa shape index (κ2) is 5.47. The van der Waals surface area contributed by atoms with Crippen molar-refractivity contribution in [1.82, 2.24) is 15.2 Å². The standard InChI is InChI=1S/C13H21N3O/c1-3-6-16(11-7-14-8-11)9-12-13(17)5-4-10(2)15-12/h4-5,11,14,17H,3,6-9H2,1-2H3. The van der Waals surface area contributed by atoms with Crippen molar-refractivity contribution in [2.24, 2.45) is 0 Å². The maximum atomic E-state index is 9.82. The van der Waals surface area contributed by atoms with Crippen LogP contribution < -0.4 is 5.32 Å². The van der Waals surface area contributed by atoms with Gasteiger partial charge in [0.15, 0.2) is 0 Å². The Morgan fingerprint density at radius 2 is 2.24 bits per heavy atom. The predicted molar refractivity (Wildman–Crippen MR) is 68.0 cm³/mol. The van der Waals surface area contributed by atoms with Gasteiger partial charge in [-0.3, -0.25) is 9.88 Å². The van der Waals surface area contributed by atoms with Crippen molar-refractivity contribution in [3.05, 3.63) is 23.5 Å². The van der Waals surface area contributed by atoms with Gasteiger partial charge in [-0.2, -0.15) is 0 Å². The van der Waals surface area contributed by atoms with Crippen LogP contribution >= 0.6 is 0 Å². The molecule has 0 radical (unpaired) electrons. The summed E-state index contributed by atoms with van der Waals surface area (Å²) in [5, 5.41) is 13.1. The first kappa shape index (κ1) is 12.3. The summed E-state index contributed by atoms with van der Waals surface area (Å²) in [6.07, 6.45) is 1.13. The Labute approximate surface area is 103 Å². The Balaban J connectivity index is 2.07. The van der Waals surface area contributed by atoms with E-state index in [1.54, 1.807) is 6.07 Å². The van der Waals surface area contributed by atoms with Gasteiger partial charge in [0, 0.05) is 31.4 Å². The fourth-order valence-corrected chi connectivity index (χ4v) is 2.12. The molecule has 1 saturated heterocycles. The van der Waals surface area contributed by atoms with Crippen molar-refractivity contribution in [2.45, 2.75) is 32.9 Å². The van der Waals surface area contributed by atoms with Gasteiger partial charge in [0.1, 0.15) is 5.75 Å². The molecule has 0 saturated carbocycles. The minimum absolute atomic E-state index is 0.309. The number of rotatable bonds is 5. The fraction of sp³-hybridized carbons (Fsp3) is 0.615. The Hall–Kier alpha value is -1.13. The Morgan fingerprint density at radius 1 is 1.47 bits per heavy atom. The van der Waals surface area contributed by atoms with Crippen LogP contribution in [0, 0.1) is 6.92 Å². The number of aryl methyl sites for hydroxylation is 1. The molecule has 4 heteroatoms. The average molecular weight is 235 g/mol. The van der Waals surface area contributed by atoms with Crippen LogP contribution in [0.5, 0.6) is 5.75 Å². The van der Waals surface area contributed by atoms with Crippen molar-refractivity contribution >= 4 is 0 Å². The van der Waals surface area contributed by atoms with Crippen molar-refractivity contribution in [3.8, 4) is 5.75 Å². The molecule has 1 aromatic heterocycles. The Kier molecular flexibility index (Phi) is 3.97. The fourth-order valence-electron chi connectivity index (χ4n) is 2.12. The van der Waals surface area contributed by atoms with E-state index in [1.165, 1.54) is 0 Å². The van der Waals surface area contributed by atoms with Crippen LogP contribution in [0.4, 0.5) is 0 Å². The van der Waals surface area contributed by atoms with Gasteiger partial charge >= 0.3 is 0 Å². The van der Waals surface area contributed by atoms with Gasteiger partial charge in [-0.05, 0) is 32.0 Å². The van der Waals surface area contributed by atoms with Crippen LogP contribution in [0.2, 0.25) is 0 Å². The van der Waals surface area contributed by atoms with Gasteiger partial charge in [0.25, 0.3) is 0 Å². The molecule has 2 N–H and O–H groups in total. The molecule has 2 rings (SSSR count). The smallest absolute Gasteiger partial charge is 0.138 e. The van der Waals surface area contributed by atoms with Crippen LogP contribution in [0.25, 0.3) is 0 Å². The summed E-state index contributed by atoms with van der Waals surface area (Å²) in [5.74, 6) is 0.309. The number of hydrogen-bond acceptors (Lipinski definition) is 4. The van der Waals surface area contributed by atoms with E-state index in [2.05, 4.69) is 22.1 Å². The van der Waals surface area contributed by atoms with E-state index in [1.807, 2.05) is 13.0 Å². The summed E-state index contributed by atoms with van der Waals surface area (Å²) in [5.41, 5.74) is 1.76. The zero-order valence-electron chi connectivity index (χ0n) is 10.6. The molecule has 1 fully saturated rings. The molecular formula is C13H21N3O. The molecule has 1 aliphatic rings. The molecule has 1 aromatic rings. The third kappa shape index (κ3) is 2.96. The topological polar surface area (TPSA) is 48.4 Å². The second-order valence-electron chi connectivity index (χ2n) is 4.70. The first-order valence-electron chi connectivity index (χ1n) is 6.31. The molecule has 94 valence electrons. The lowest BCUT2D eigenvalue weighted by atomic mass is 10.1. The van der Waals surface area contributed by atoms with Gasteiger partial charge < -0.3 is 10.4 Å². The zero-order chi connectivity index (χ0) is 12.3. The molecule has 2 heterocycles. The van der Waals surface area contributed by atoms with Crippen LogP contribution in [0.15, 0.2) is 12.1 Å². The lowest BCUT2D eigenvalue weighted by Gasteiger charge is -2.38. The lowest BCUT2D eigenvalue weighted by Crippen LogP contribution is -2.57. The van der Waals surface area contributed by atoms with Crippen molar-refractivity contribution < 1.29 is 5.11 Å². The molecular weight excluding hydrogens is 214 g/mol. The van der Waals surface area contributed by atoms with Gasteiger partial charge in [-0.15, -0.1) is 0 Å². The number of nitrogens with zero attached hydrogens (tertiary/aromatic N) is 2. The van der Waals surface area contributed by atoms with E-state index >= 15 is 0 Å². The van der Waals surface area contributed by atoms with Gasteiger partial charge in [0.2, 0.25) is 0 Å². The predicted octanol–water partition coefficient (Wildman–Crippen LogP) is 1.28. The van der Waals surface area contributed by atoms with E-state index in [-0.39, 0.29) is 0 Å². The maximum absolute atomic E-state index is 9.82. The molecule has 1 aliphatic heterocycles. The molecule has 0 aliphatic carbocycles. The van der Waals surface area contributed by atoms with Crippen molar-refractivity contribution in [1.29, 1.82) is 0 Å². The number of aromatic nitrogens is 1. The average Bonchev–Trinajstić information content (AvgIpc) is 2.21. The minimum atomic E-state index is 0.309. The minimum Gasteiger partial charge on any atom is -0.506 e. The number of pyridine rings is 1. The number of aromatic hydroxyl groups is 1. The maximum Gasteiger partial charge on any atom is 0.138 e. The third-order valence-corrected chi connectivity index (χ3v) is 3.23.